The third-order valence-electron chi connectivity index (χ3n) is 3.64. The first-order chi connectivity index (χ1) is 9.79. The number of rotatable bonds is 4. The monoisotopic (exact) mass is 290 g/mol. The molecular weight excluding hydrogens is 272 g/mol. The number of nitrogen functional groups attached to an aromatic ring is 1. The van der Waals surface area contributed by atoms with E-state index in [4.69, 9.17) is 10.5 Å². The molecule has 0 bridgehead atoms. The number of nitrogens with two attached hydrogens (primary N) is 1. The van der Waals surface area contributed by atoms with Gasteiger partial charge in [0, 0.05) is 38.5 Å². The molecule has 1 fully saturated rings. The van der Waals surface area contributed by atoms with Gasteiger partial charge in [-0.05, 0) is 35.6 Å². The molecule has 1 saturated heterocycles. The number of anilines is 2. The number of ether oxygens (including phenoxy) is 1. The Bertz CT molecular complexity index is 572. The Morgan fingerprint density at radius 2 is 2.25 bits per heavy atom. The Hall–Kier alpha value is -1.66. The van der Waals surface area contributed by atoms with Crippen LogP contribution >= 0.6 is 11.5 Å². The van der Waals surface area contributed by atoms with E-state index in [0.717, 1.165) is 42.2 Å². The van der Waals surface area contributed by atoms with Crippen molar-refractivity contribution in [3.8, 4) is 11.1 Å². The minimum Gasteiger partial charge on any atom is -0.384 e. The maximum absolute atomic E-state index is 6.06. The van der Waals surface area contributed by atoms with Gasteiger partial charge in [-0.3, -0.25) is 4.98 Å². The van der Waals surface area contributed by atoms with E-state index in [2.05, 4.69) is 14.3 Å². The van der Waals surface area contributed by atoms with E-state index >= 15 is 0 Å². The van der Waals surface area contributed by atoms with E-state index in [1.165, 1.54) is 11.5 Å². The molecule has 1 atom stereocenters. The molecule has 1 aliphatic rings. The smallest absolute Gasteiger partial charge is 0.147 e. The van der Waals surface area contributed by atoms with Gasteiger partial charge in [0.1, 0.15) is 10.8 Å². The summed E-state index contributed by atoms with van der Waals surface area (Å²) in [5.41, 5.74) is 8.18. The average molecular weight is 290 g/mol. The summed E-state index contributed by atoms with van der Waals surface area (Å²) in [6, 6.07) is 3.96. The summed E-state index contributed by atoms with van der Waals surface area (Å²) >= 11 is 1.48. The molecule has 3 heterocycles. The highest BCUT2D eigenvalue weighted by atomic mass is 32.1. The Balaban J connectivity index is 1.89. The van der Waals surface area contributed by atoms with Gasteiger partial charge in [-0.15, -0.1) is 0 Å². The van der Waals surface area contributed by atoms with E-state index in [9.17, 15) is 0 Å². The van der Waals surface area contributed by atoms with Gasteiger partial charge in [0.15, 0.2) is 0 Å². The summed E-state index contributed by atoms with van der Waals surface area (Å²) in [5.74, 6) is 1.19. The number of methoxy groups -OCH3 is 1. The minimum atomic E-state index is 0.591. The summed E-state index contributed by atoms with van der Waals surface area (Å²) in [7, 11) is 1.76. The van der Waals surface area contributed by atoms with E-state index in [0.29, 0.717) is 11.7 Å². The molecule has 0 spiro atoms. The summed E-state index contributed by atoms with van der Waals surface area (Å²) < 4.78 is 9.59. The van der Waals surface area contributed by atoms with Crippen LogP contribution in [0.15, 0.2) is 24.5 Å². The predicted octanol–water partition coefficient (Wildman–Crippen LogP) is 2.26. The van der Waals surface area contributed by atoms with Crippen LogP contribution in [0, 0.1) is 5.92 Å². The molecule has 2 aromatic heterocycles. The average Bonchev–Trinajstić information content (AvgIpc) is 3.07. The van der Waals surface area contributed by atoms with E-state index < -0.39 is 0 Å². The number of pyridine rings is 1. The van der Waals surface area contributed by atoms with Crippen LogP contribution in [0.3, 0.4) is 0 Å². The molecule has 3 rings (SSSR count). The first kappa shape index (κ1) is 13.3. The second-order valence-electron chi connectivity index (χ2n) is 5.04. The lowest BCUT2D eigenvalue weighted by molar-refractivity contribution is 0.161. The number of aromatic nitrogens is 2. The lowest BCUT2D eigenvalue weighted by atomic mass is 10.1. The standard InChI is InChI=1S/C14H18N4OS/c1-19-9-10-4-7-18(8-10)14-12(13(15)17-20-14)11-2-5-16-6-3-11/h2-3,5-6,10H,4,7-9H2,1H3,(H2,15,17). The van der Waals surface area contributed by atoms with E-state index in [1.807, 2.05) is 12.1 Å². The highest BCUT2D eigenvalue weighted by molar-refractivity contribution is 7.11. The van der Waals surface area contributed by atoms with Crippen molar-refractivity contribution >= 4 is 22.4 Å². The second kappa shape index (κ2) is 5.76. The van der Waals surface area contributed by atoms with Crippen molar-refractivity contribution < 1.29 is 4.74 Å². The summed E-state index contributed by atoms with van der Waals surface area (Å²) in [4.78, 5) is 6.43. The molecule has 0 radical (unpaired) electrons. The van der Waals surface area contributed by atoms with Crippen molar-refractivity contribution in [1.82, 2.24) is 9.36 Å². The van der Waals surface area contributed by atoms with Crippen LogP contribution < -0.4 is 10.6 Å². The molecule has 20 heavy (non-hydrogen) atoms. The maximum Gasteiger partial charge on any atom is 0.147 e. The molecule has 106 valence electrons. The maximum atomic E-state index is 6.06. The highest BCUT2D eigenvalue weighted by Crippen LogP contribution is 2.40. The molecule has 0 saturated carbocycles. The molecule has 0 aromatic carbocycles. The third kappa shape index (κ3) is 2.48. The fraction of sp³-hybridized carbons (Fsp3) is 0.429. The Labute approximate surface area is 122 Å². The van der Waals surface area contributed by atoms with Gasteiger partial charge in [-0.1, -0.05) is 0 Å². The number of hydrogen-bond donors (Lipinski definition) is 1. The van der Waals surface area contributed by atoms with Crippen molar-refractivity contribution in [1.29, 1.82) is 0 Å². The summed E-state index contributed by atoms with van der Waals surface area (Å²) in [5, 5.41) is 1.16. The van der Waals surface area contributed by atoms with Crippen molar-refractivity contribution in [2.24, 2.45) is 5.92 Å². The van der Waals surface area contributed by atoms with Crippen LogP contribution in [-0.2, 0) is 4.74 Å². The minimum absolute atomic E-state index is 0.591. The third-order valence-corrected chi connectivity index (χ3v) is 4.57. The van der Waals surface area contributed by atoms with Gasteiger partial charge < -0.3 is 15.4 Å². The Morgan fingerprint density at radius 1 is 1.45 bits per heavy atom. The molecule has 0 aliphatic carbocycles. The van der Waals surface area contributed by atoms with E-state index in [1.54, 1.807) is 19.5 Å². The zero-order chi connectivity index (χ0) is 13.9. The quantitative estimate of drug-likeness (QED) is 0.935. The molecule has 1 unspecified atom stereocenters. The predicted molar refractivity (Wildman–Crippen MR) is 82.0 cm³/mol. The van der Waals surface area contributed by atoms with Gasteiger partial charge in [0.05, 0.1) is 12.2 Å². The zero-order valence-corrected chi connectivity index (χ0v) is 12.3. The SMILES string of the molecule is COCC1CCN(c2snc(N)c2-c2ccncc2)C1. The van der Waals surface area contributed by atoms with Crippen LogP contribution in [-0.4, -0.2) is 36.2 Å². The normalized spacial score (nSPS) is 18.6. The van der Waals surface area contributed by atoms with Gasteiger partial charge in [-0.2, -0.15) is 4.37 Å². The van der Waals surface area contributed by atoms with Gasteiger partial charge in [-0.25, -0.2) is 0 Å². The lowest BCUT2D eigenvalue weighted by Crippen LogP contribution is -2.20. The number of hydrogen-bond acceptors (Lipinski definition) is 6. The van der Waals surface area contributed by atoms with Crippen molar-refractivity contribution in [3.63, 3.8) is 0 Å². The van der Waals surface area contributed by atoms with Gasteiger partial charge in [0.2, 0.25) is 0 Å². The molecule has 1 aliphatic heterocycles. The zero-order valence-electron chi connectivity index (χ0n) is 11.5. The Kier molecular flexibility index (Phi) is 3.84. The molecule has 5 nitrogen and oxygen atoms in total. The molecular formula is C14H18N4OS. The van der Waals surface area contributed by atoms with Crippen molar-refractivity contribution in [3.05, 3.63) is 24.5 Å². The first-order valence-electron chi connectivity index (χ1n) is 6.69. The van der Waals surface area contributed by atoms with Crippen molar-refractivity contribution in [2.75, 3.05) is 37.4 Å². The topological polar surface area (TPSA) is 64.3 Å². The molecule has 2 aromatic rings. The van der Waals surface area contributed by atoms with E-state index in [-0.39, 0.29) is 0 Å². The Morgan fingerprint density at radius 3 is 3.00 bits per heavy atom. The number of nitrogens with zero attached hydrogens (tertiary/aromatic N) is 3. The fourth-order valence-electron chi connectivity index (χ4n) is 2.69. The molecule has 6 heteroatoms. The molecule has 2 N–H and O–H groups in total. The van der Waals surface area contributed by atoms with Gasteiger partial charge >= 0.3 is 0 Å². The van der Waals surface area contributed by atoms with Crippen molar-refractivity contribution in [2.45, 2.75) is 6.42 Å². The summed E-state index contributed by atoms with van der Waals surface area (Å²) in [6.45, 7) is 2.86. The summed E-state index contributed by atoms with van der Waals surface area (Å²) in [6.07, 6.45) is 4.73. The second-order valence-corrected chi connectivity index (χ2v) is 5.79. The molecule has 0 amide bonds. The van der Waals surface area contributed by atoms with Crippen LogP contribution in [0.4, 0.5) is 10.8 Å². The fourth-order valence-corrected chi connectivity index (χ4v) is 3.56. The van der Waals surface area contributed by atoms with Crippen LogP contribution in [0.2, 0.25) is 0 Å². The van der Waals surface area contributed by atoms with Gasteiger partial charge in [0.25, 0.3) is 0 Å². The highest BCUT2D eigenvalue weighted by Gasteiger charge is 2.27. The first-order valence-corrected chi connectivity index (χ1v) is 7.46. The van der Waals surface area contributed by atoms with Crippen LogP contribution in [0.1, 0.15) is 6.42 Å². The van der Waals surface area contributed by atoms with Crippen LogP contribution in [0.5, 0.6) is 0 Å². The van der Waals surface area contributed by atoms with Crippen LogP contribution in [0.25, 0.3) is 11.1 Å². The lowest BCUT2D eigenvalue weighted by Gasteiger charge is -2.18. The largest absolute Gasteiger partial charge is 0.384 e.